The number of hydrogen-bond donors (Lipinski definition) is 1. The van der Waals surface area contributed by atoms with E-state index in [2.05, 4.69) is 0 Å². The first-order valence-electron chi connectivity index (χ1n) is 5.89. The van der Waals surface area contributed by atoms with Gasteiger partial charge in [0.1, 0.15) is 0 Å². The number of non-ortho nitro benzene ring substituents is 1. The molecular weight excluding hydrogens is 270 g/mol. The van der Waals surface area contributed by atoms with E-state index in [0.717, 1.165) is 0 Å². The SMILES string of the molecule is CC1CN(C(=O)c2cc([N+](=O)[O-])ccc2Cl)CC1N. The molecule has 7 heteroatoms. The van der Waals surface area contributed by atoms with Gasteiger partial charge in [0.15, 0.2) is 0 Å². The Hall–Kier alpha value is -1.66. The van der Waals surface area contributed by atoms with Gasteiger partial charge in [0, 0.05) is 31.3 Å². The van der Waals surface area contributed by atoms with Gasteiger partial charge in [0.25, 0.3) is 11.6 Å². The first-order valence-corrected chi connectivity index (χ1v) is 6.26. The van der Waals surface area contributed by atoms with Crippen molar-refractivity contribution in [1.82, 2.24) is 4.90 Å². The smallest absolute Gasteiger partial charge is 0.270 e. The summed E-state index contributed by atoms with van der Waals surface area (Å²) in [6.45, 7) is 2.95. The van der Waals surface area contributed by atoms with Crippen LogP contribution < -0.4 is 5.73 Å². The van der Waals surface area contributed by atoms with Crippen LogP contribution in [0.25, 0.3) is 0 Å². The summed E-state index contributed by atoms with van der Waals surface area (Å²) in [6, 6.07) is 3.78. The number of nitro groups is 1. The lowest BCUT2D eigenvalue weighted by Crippen LogP contribution is -2.32. The molecule has 1 fully saturated rings. The number of halogens is 1. The summed E-state index contributed by atoms with van der Waals surface area (Å²) in [4.78, 5) is 24.1. The fourth-order valence-corrected chi connectivity index (χ4v) is 2.32. The van der Waals surface area contributed by atoms with Gasteiger partial charge in [-0.15, -0.1) is 0 Å². The summed E-state index contributed by atoms with van der Waals surface area (Å²) in [5.41, 5.74) is 5.87. The van der Waals surface area contributed by atoms with Crippen molar-refractivity contribution in [1.29, 1.82) is 0 Å². The summed E-state index contributed by atoms with van der Waals surface area (Å²) in [6.07, 6.45) is 0. The van der Waals surface area contributed by atoms with Crippen molar-refractivity contribution in [2.45, 2.75) is 13.0 Å². The average Bonchev–Trinajstić information content (AvgIpc) is 2.69. The largest absolute Gasteiger partial charge is 0.337 e. The van der Waals surface area contributed by atoms with E-state index < -0.39 is 4.92 Å². The van der Waals surface area contributed by atoms with E-state index in [0.29, 0.717) is 13.1 Å². The molecule has 0 aliphatic carbocycles. The number of rotatable bonds is 2. The van der Waals surface area contributed by atoms with E-state index in [-0.39, 0.29) is 34.1 Å². The van der Waals surface area contributed by atoms with Crippen LogP contribution in [0, 0.1) is 16.0 Å². The number of carbonyl (C=O) groups is 1. The quantitative estimate of drug-likeness (QED) is 0.660. The molecule has 2 N–H and O–H groups in total. The highest BCUT2D eigenvalue weighted by Gasteiger charge is 2.31. The number of carbonyl (C=O) groups excluding carboxylic acids is 1. The molecular formula is C12H14ClN3O3. The molecule has 19 heavy (non-hydrogen) atoms. The van der Waals surface area contributed by atoms with Crippen molar-refractivity contribution >= 4 is 23.2 Å². The van der Waals surface area contributed by atoms with Crippen molar-refractivity contribution < 1.29 is 9.72 Å². The number of nitrogens with two attached hydrogens (primary N) is 1. The van der Waals surface area contributed by atoms with E-state index in [4.69, 9.17) is 17.3 Å². The van der Waals surface area contributed by atoms with Crippen LogP contribution in [0.15, 0.2) is 18.2 Å². The van der Waals surface area contributed by atoms with Crippen LogP contribution in [0.3, 0.4) is 0 Å². The molecule has 0 bridgehead atoms. The normalized spacial score (nSPS) is 22.6. The summed E-state index contributed by atoms with van der Waals surface area (Å²) < 4.78 is 0. The topological polar surface area (TPSA) is 89.5 Å². The maximum absolute atomic E-state index is 12.3. The minimum absolute atomic E-state index is 0.0681. The van der Waals surface area contributed by atoms with Crippen molar-refractivity contribution in [2.24, 2.45) is 11.7 Å². The molecule has 0 saturated carbocycles. The van der Waals surface area contributed by atoms with Crippen molar-refractivity contribution in [3.8, 4) is 0 Å². The van der Waals surface area contributed by atoms with E-state index in [1.54, 1.807) is 4.90 Å². The van der Waals surface area contributed by atoms with Gasteiger partial charge in [-0.25, -0.2) is 0 Å². The molecule has 6 nitrogen and oxygen atoms in total. The number of nitro benzene ring substituents is 1. The Morgan fingerprint density at radius 1 is 1.53 bits per heavy atom. The van der Waals surface area contributed by atoms with Gasteiger partial charge in [-0.1, -0.05) is 18.5 Å². The maximum atomic E-state index is 12.3. The third-order valence-electron chi connectivity index (χ3n) is 3.35. The monoisotopic (exact) mass is 283 g/mol. The molecule has 1 aliphatic rings. The van der Waals surface area contributed by atoms with E-state index in [1.165, 1.54) is 18.2 Å². The number of amides is 1. The summed E-state index contributed by atoms with van der Waals surface area (Å²) in [5, 5.41) is 10.9. The third-order valence-corrected chi connectivity index (χ3v) is 3.68. The molecule has 0 aromatic heterocycles. The van der Waals surface area contributed by atoms with Crippen LogP contribution in [0.2, 0.25) is 5.02 Å². The Bertz CT molecular complexity index is 525. The predicted octanol–water partition coefficient (Wildman–Crippen LogP) is 1.67. The Labute approximate surface area is 115 Å². The number of hydrogen-bond acceptors (Lipinski definition) is 4. The first-order chi connectivity index (χ1) is 8.90. The fourth-order valence-electron chi connectivity index (χ4n) is 2.12. The molecule has 2 rings (SSSR count). The number of nitrogens with zero attached hydrogens (tertiary/aromatic N) is 2. The molecule has 2 atom stereocenters. The second kappa shape index (κ2) is 5.14. The number of likely N-dealkylation sites (tertiary alicyclic amines) is 1. The van der Waals surface area contributed by atoms with Crippen LogP contribution in [-0.4, -0.2) is 34.9 Å². The van der Waals surface area contributed by atoms with Gasteiger partial charge >= 0.3 is 0 Å². The van der Waals surface area contributed by atoms with Gasteiger partial charge in [-0.2, -0.15) is 0 Å². The zero-order valence-corrected chi connectivity index (χ0v) is 11.1. The molecule has 1 heterocycles. The predicted molar refractivity (Wildman–Crippen MR) is 71.1 cm³/mol. The van der Waals surface area contributed by atoms with E-state index in [1.807, 2.05) is 6.92 Å². The Balaban J connectivity index is 2.29. The van der Waals surface area contributed by atoms with Gasteiger partial charge in [0.05, 0.1) is 15.5 Å². The van der Waals surface area contributed by atoms with Crippen molar-refractivity contribution in [3.05, 3.63) is 38.9 Å². The van der Waals surface area contributed by atoms with Crippen molar-refractivity contribution in [2.75, 3.05) is 13.1 Å². The summed E-state index contributed by atoms with van der Waals surface area (Å²) >= 11 is 5.95. The van der Waals surface area contributed by atoms with Gasteiger partial charge in [-0.3, -0.25) is 14.9 Å². The zero-order valence-electron chi connectivity index (χ0n) is 10.4. The molecule has 1 amide bonds. The van der Waals surface area contributed by atoms with E-state index in [9.17, 15) is 14.9 Å². The molecule has 2 unspecified atom stereocenters. The third kappa shape index (κ3) is 2.69. The Morgan fingerprint density at radius 2 is 2.21 bits per heavy atom. The summed E-state index contributed by atoms with van der Waals surface area (Å²) in [7, 11) is 0. The van der Waals surface area contributed by atoms with Crippen LogP contribution in [0.4, 0.5) is 5.69 Å². The lowest BCUT2D eigenvalue weighted by atomic mass is 10.1. The fraction of sp³-hybridized carbons (Fsp3) is 0.417. The highest BCUT2D eigenvalue weighted by atomic mass is 35.5. The number of benzene rings is 1. The highest BCUT2D eigenvalue weighted by Crippen LogP contribution is 2.25. The second-order valence-electron chi connectivity index (χ2n) is 4.77. The molecule has 102 valence electrons. The van der Waals surface area contributed by atoms with Gasteiger partial charge < -0.3 is 10.6 Å². The van der Waals surface area contributed by atoms with Crippen LogP contribution in [0.5, 0.6) is 0 Å². The van der Waals surface area contributed by atoms with Crippen LogP contribution in [0.1, 0.15) is 17.3 Å². The molecule has 0 radical (unpaired) electrons. The average molecular weight is 284 g/mol. The van der Waals surface area contributed by atoms with Crippen LogP contribution in [-0.2, 0) is 0 Å². The van der Waals surface area contributed by atoms with Gasteiger partial charge in [-0.05, 0) is 12.0 Å². The zero-order chi connectivity index (χ0) is 14.2. The van der Waals surface area contributed by atoms with Crippen LogP contribution >= 0.6 is 11.6 Å². The first kappa shape index (κ1) is 13.8. The minimum atomic E-state index is -0.550. The van der Waals surface area contributed by atoms with E-state index >= 15 is 0 Å². The Kier molecular flexibility index (Phi) is 3.73. The standard InChI is InChI=1S/C12H14ClN3O3/c1-7-5-15(6-11(7)14)12(17)9-4-8(16(18)19)2-3-10(9)13/h2-4,7,11H,5-6,14H2,1H3. The molecule has 1 aromatic carbocycles. The second-order valence-corrected chi connectivity index (χ2v) is 5.18. The lowest BCUT2D eigenvalue weighted by Gasteiger charge is -2.16. The summed E-state index contributed by atoms with van der Waals surface area (Å²) in [5.74, 6) is -0.102. The Morgan fingerprint density at radius 3 is 2.74 bits per heavy atom. The van der Waals surface area contributed by atoms with Crippen molar-refractivity contribution in [3.63, 3.8) is 0 Å². The molecule has 0 spiro atoms. The highest BCUT2D eigenvalue weighted by molar-refractivity contribution is 6.33. The molecule has 1 aromatic rings. The van der Waals surface area contributed by atoms with Gasteiger partial charge in [0.2, 0.25) is 0 Å². The lowest BCUT2D eigenvalue weighted by molar-refractivity contribution is -0.384. The molecule has 1 aliphatic heterocycles. The molecule has 1 saturated heterocycles. The maximum Gasteiger partial charge on any atom is 0.270 e. The minimum Gasteiger partial charge on any atom is -0.337 e.